The Kier molecular flexibility index (Phi) is 8.12. The van der Waals surface area contributed by atoms with Crippen molar-refractivity contribution < 1.29 is 9.52 Å². The summed E-state index contributed by atoms with van der Waals surface area (Å²) in [5.41, 5.74) is 14.2. The minimum atomic E-state index is -0.0597. The van der Waals surface area contributed by atoms with E-state index in [0.29, 0.717) is 11.4 Å². The summed E-state index contributed by atoms with van der Waals surface area (Å²) in [7, 11) is 0. The second-order valence-electron chi connectivity index (χ2n) is 15.6. The minimum absolute atomic E-state index is 0.0597. The molecular weight excluding hydrogens is 699 g/mol. The summed E-state index contributed by atoms with van der Waals surface area (Å²) >= 11 is 0. The molecule has 0 bridgehead atoms. The molecule has 57 heavy (non-hydrogen) atoms. The standard InChI is InChI=1S/C52H39N3O2/c1-52(2,3)38-25-26-44(43(32-38)34-17-8-5-9-18-34)55-45-22-14-21-39(49(45)54-51(55)42-20-10-12-23-46(42)56)36-29-35(33-15-6-4-7-16-33)30-37(31-36)48-50-41(27-28-53-48)40-19-11-13-24-47(40)57-50/h4-32,56H,1-3H3. The van der Waals surface area contributed by atoms with E-state index in [4.69, 9.17) is 14.4 Å². The van der Waals surface area contributed by atoms with Gasteiger partial charge in [0.1, 0.15) is 22.9 Å². The van der Waals surface area contributed by atoms with Crippen molar-refractivity contribution in [3.05, 3.63) is 182 Å². The number of nitrogens with zero attached hydrogens (tertiary/aromatic N) is 3. The van der Waals surface area contributed by atoms with Crippen LogP contribution >= 0.6 is 0 Å². The summed E-state index contributed by atoms with van der Waals surface area (Å²) < 4.78 is 8.71. The number of furan rings is 1. The maximum absolute atomic E-state index is 11.4. The van der Waals surface area contributed by atoms with Gasteiger partial charge in [-0.15, -0.1) is 0 Å². The van der Waals surface area contributed by atoms with Gasteiger partial charge in [-0.1, -0.05) is 130 Å². The van der Waals surface area contributed by atoms with Crippen molar-refractivity contribution in [3.8, 4) is 67.5 Å². The fraction of sp³-hybridized carbons (Fsp3) is 0.0769. The third-order valence-corrected chi connectivity index (χ3v) is 10.9. The van der Waals surface area contributed by atoms with Crippen LogP contribution in [0.15, 0.2) is 180 Å². The van der Waals surface area contributed by atoms with Gasteiger partial charge in [0, 0.05) is 33.7 Å². The molecule has 3 aromatic heterocycles. The van der Waals surface area contributed by atoms with Crippen molar-refractivity contribution in [2.75, 3.05) is 0 Å². The van der Waals surface area contributed by atoms with Gasteiger partial charge in [-0.2, -0.15) is 0 Å². The quantitative estimate of drug-likeness (QED) is 0.185. The van der Waals surface area contributed by atoms with Gasteiger partial charge in [-0.3, -0.25) is 9.55 Å². The van der Waals surface area contributed by atoms with Gasteiger partial charge in [0.15, 0.2) is 5.58 Å². The number of rotatable bonds is 6. The number of para-hydroxylation sites is 3. The van der Waals surface area contributed by atoms with E-state index >= 15 is 0 Å². The molecule has 7 aromatic carbocycles. The Labute approximate surface area is 331 Å². The first-order chi connectivity index (χ1) is 27.8. The van der Waals surface area contributed by atoms with Gasteiger partial charge < -0.3 is 9.52 Å². The largest absolute Gasteiger partial charge is 0.507 e. The summed E-state index contributed by atoms with van der Waals surface area (Å²) in [6.07, 6.45) is 1.87. The van der Waals surface area contributed by atoms with E-state index in [9.17, 15) is 5.11 Å². The highest BCUT2D eigenvalue weighted by atomic mass is 16.3. The second kappa shape index (κ2) is 13.5. The first-order valence-corrected chi connectivity index (χ1v) is 19.3. The third-order valence-electron chi connectivity index (χ3n) is 10.9. The smallest absolute Gasteiger partial charge is 0.161 e. The van der Waals surface area contributed by atoms with E-state index in [0.717, 1.165) is 83.3 Å². The van der Waals surface area contributed by atoms with Crippen LogP contribution in [-0.4, -0.2) is 19.6 Å². The third kappa shape index (κ3) is 5.96. The van der Waals surface area contributed by atoms with Crippen molar-refractivity contribution in [2.24, 2.45) is 0 Å². The number of phenolic OH excluding ortho intramolecular Hbond substituents is 1. The number of hydrogen-bond donors (Lipinski definition) is 1. The summed E-state index contributed by atoms with van der Waals surface area (Å²) in [4.78, 5) is 10.4. The monoisotopic (exact) mass is 737 g/mol. The zero-order valence-electron chi connectivity index (χ0n) is 31.9. The summed E-state index contributed by atoms with van der Waals surface area (Å²) in [6.45, 7) is 6.72. The molecule has 0 aliphatic heterocycles. The maximum atomic E-state index is 11.4. The fourth-order valence-corrected chi connectivity index (χ4v) is 8.04. The maximum Gasteiger partial charge on any atom is 0.161 e. The molecule has 3 heterocycles. The average Bonchev–Trinajstić information content (AvgIpc) is 3.83. The molecule has 5 heteroatoms. The predicted octanol–water partition coefficient (Wildman–Crippen LogP) is 13.7. The summed E-state index contributed by atoms with van der Waals surface area (Å²) in [6, 6.07) is 58.3. The van der Waals surface area contributed by atoms with Crippen molar-refractivity contribution in [2.45, 2.75) is 26.2 Å². The van der Waals surface area contributed by atoms with Crippen LogP contribution in [0.2, 0.25) is 0 Å². The molecule has 0 aliphatic carbocycles. The molecule has 0 spiro atoms. The zero-order chi connectivity index (χ0) is 38.7. The van der Waals surface area contributed by atoms with Crippen LogP contribution in [0.4, 0.5) is 0 Å². The van der Waals surface area contributed by atoms with E-state index in [-0.39, 0.29) is 11.2 Å². The van der Waals surface area contributed by atoms with Crippen molar-refractivity contribution in [1.29, 1.82) is 0 Å². The lowest BCUT2D eigenvalue weighted by Crippen LogP contribution is -2.12. The van der Waals surface area contributed by atoms with Gasteiger partial charge in [0.2, 0.25) is 0 Å². The van der Waals surface area contributed by atoms with Gasteiger partial charge in [0.05, 0.1) is 22.3 Å². The number of fused-ring (bicyclic) bond motifs is 4. The molecule has 0 fully saturated rings. The summed E-state index contributed by atoms with van der Waals surface area (Å²) in [5, 5.41) is 13.5. The van der Waals surface area contributed by atoms with Crippen LogP contribution in [0.25, 0.3) is 94.7 Å². The van der Waals surface area contributed by atoms with Crippen LogP contribution in [0.3, 0.4) is 0 Å². The van der Waals surface area contributed by atoms with Crippen LogP contribution in [0, 0.1) is 0 Å². The summed E-state index contributed by atoms with van der Waals surface area (Å²) in [5.74, 6) is 0.825. The fourth-order valence-electron chi connectivity index (χ4n) is 8.04. The van der Waals surface area contributed by atoms with Gasteiger partial charge in [-0.05, 0) is 93.9 Å². The van der Waals surface area contributed by atoms with Crippen LogP contribution in [-0.2, 0) is 5.41 Å². The van der Waals surface area contributed by atoms with Crippen molar-refractivity contribution in [3.63, 3.8) is 0 Å². The molecule has 0 saturated carbocycles. The highest BCUT2D eigenvalue weighted by Gasteiger charge is 2.24. The topological polar surface area (TPSA) is 64.1 Å². The Balaban J connectivity index is 1.26. The molecule has 0 radical (unpaired) electrons. The van der Waals surface area contributed by atoms with E-state index < -0.39 is 0 Å². The SMILES string of the molecule is CC(C)(C)c1ccc(-n2c(-c3ccccc3O)nc3c(-c4cc(-c5ccccc5)cc(-c5nccc6c5oc5ccccc56)c4)cccc32)c(-c2ccccc2)c1. The number of imidazole rings is 1. The second-order valence-corrected chi connectivity index (χ2v) is 15.6. The molecule has 10 aromatic rings. The van der Waals surface area contributed by atoms with Crippen LogP contribution in [0.5, 0.6) is 5.75 Å². The molecule has 274 valence electrons. The van der Waals surface area contributed by atoms with Gasteiger partial charge >= 0.3 is 0 Å². The minimum Gasteiger partial charge on any atom is -0.507 e. The average molecular weight is 738 g/mol. The molecule has 1 N–H and O–H groups in total. The molecule has 0 aliphatic rings. The Hall–Kier alpha value is -7.24. The number of pyridine rings is 1. The molecule has 0 atom stereocenters. The normalized spacial score (nSPS) is 11.8. The first-order valence-electron chi connectivity index (χ1n) is 19.3. The van der Waals surface area contributed by atoms with Crippen molar-refractivity contribution >= 4 is 33.0 Å². The Bertz CT molecular complexity index is 3120. The molecule has 0 amide bonds. The Morgan fingerprint density at radius 1 is 0.544 bits per heavy atom. The molecular formula is C52H39N3O2. The molecule has 10 rings (SSSR count). The highest BCUT2D eigenvalue weighted by molar-refractivity contribution is 6.09. The first kappa shape index (κ1) is 34.3. The van der Waals surface area contributed by atoms with E-state index in [1.54, 1.807) is 6.07 Å². The number of hydrogen-bond acceptors (Lipinski definition) is 4. The molecule has 5 nitrogen and oxygen atoms in total. The zero-order valence-corrected chi connectivity index (χ0v) is 31.9. The van der Waals surface area contributed by atoms with E-state index in [1.165, 1.54) is 5.56 Å². The van der Waals surface area contributed by atoms with Gasteiger partial charge in [0.25, 0.3) is 0 Å². The molecule has 0 unspecified atom stereocenters. The predicted molar refractivity (Wildman–Crippen MR) is 234 cm³/mol. The van der Waals surface area contributed by atoms with E-state index in [2.05, 4.69) is 135 Å². The van der Waals surface area contributed by atoms with Crippen molar-refractivity contribution in [1.82, 2.24) is 14.5 Å². The lowest BCUT2D eigenvalue weighted by molar-refractivity contribution is 0.477. The lowest BCUT2D eigenvalue weighted by atomic mass is 9.85. The Morgan fingerprint density at radius 2 is 1.23 bits per heavy atom. The number of aromatic hydroxyl groups is 1. The Morgan fingerprint density at radius 3 is 2.02 bits per heavy atom. The number of benzene rings is 7. The molecule has 0 saturated heterocycles. The van der Waals surface area contributed by atoms with Crippen LogP contribution in [0.1, 0.15) is 26.3 Å². The number of phenols is 1. The van der Waals surface area contributed by atoms with E-state index in [1.807, 2.05) is 60.8 Å². The number of aromatic nitrogens is 3. The lowest BCUT2D eigenvalue weighted by Gasteiger charge is -2.23. The highest BCUT2D eigenvalue weighted by Crippen LogP contribution is 2.43. The van der Waals surface area contributed by atoms with Crippen LogP contribution < -0.4 is 0 Å². The van der Waals surface area contributed by atoms with Gasteiger partial charge in [-0.25, -0.2) is 4.98 Å².